The van der Waals surface area contributed by atoms with Gasteiger partial charge in [0, 0.05) is 7.05 Å². The van der Waals surface area contributed by atoms with Crippen LogP contribution in [0.1, 0.15) is 0 Å². The van der Waals surface area contributed by atoms with Gasteiger partial charge in [-0.3, -0.25) is 0 Å². The predicted molar refractivity (Wildman–Crippen MR) is 13.1 cm³/mol. The molecule has 0 amide bonds. The maximum absolute atomic E-state index is 4.29. The van der Waals surface area contributed by atoms with E-state index in [9.17, 15) is 0 Å². The van der Waals surface area contributed by atoms with E-state index in [-0.39, 0.29) is 0 Å². The lowest BCUT2D eigenvalue weighted by molar-refractivity contribution is -0.582. The van der Waals surface area contributed by atoms with Gasteiger partial charge in [-0.05, 0) is 10.9 Å². The van der Waals surface area contributed by atoms with Crippen molar-refractivity contribution in [2.45, 2.75) is 0 Å². The first-order chi connectivity index (χ1) is 2.39. The molecule has 0 atom stereocenters. The van der Waals surface area contributed by atoms with Gasteiger partial charge in [0.2, 0.25) is 0 Å². The van der Waals surface area contributed by atoms with E-state index in [2.05, 4.69) is 15.5 Å². The normalized spacial score (nSPS) is 25.8. The van der Waals surface area contributed by atoms with Crippen LogP contribution < -0.4 is 5.64 Å². The zero-order chi connectivity index (χ0) is 3.70. The fourth-order valence-electron chi connectivity index (χ4n) is 0.112. The van der Waals surface area contributed by atoms with Gasteiger partial charge in [0.15, 0.2) is 0 Å². The third-order valence-electron chi connectivity index (χ3n) is 0.332. The lowest BCUT2D eigenvalue weighted by Crippen LogP contribution is -2.43. The second kappa shape index (κ2) is 0.908. The lowest BCUT2D eigenvalue weighted by atomic mass is 11.5. The predicted octanol–water partition coefficient (Wildman–Crippen LogP) is -0.785. The summed E-state index contributed by atoms with van der Waals surface area (Å²) in [4.78, 5) is 8.58. The third-order valence-corrected chi connectivity index (χ3v) is 0.332. The van der Waals surface area contributed by atoms with Gasteiger partial charge in [-0.25, -0.2) is 0 Å². The third kappa shape index (κ3) is 0.381. The topological polar surface area (TPSA) is 33.7 Å². The Morgan fingerprint density at radius 1 is 1.60 bits per heavy atom. The zero-order valence-electron chi connectivity index (χ0n) is 2.76. The molecule has 1 aliphatic rings. The smallest absolute Gasteiger partial charge is 0.0445 e. The molecule has 5 heavy (non-hydrogen) atoms. The Morgan fingerprint density at radius 3 is 2.00 bits per heavy atom. The molecule has 0 bridgehead atoms. The molecule has 1 saturated heterocycles. The number of hydroxylamine groups is 2. The molecule has 1 heterocycles. The summed E-state index contributed by atoms with van der Waals surface area (Å²) in [5, 5.41) is 1.19. The Bertz CT molecular complexity index is 34.6. The number of hydrogen-bond donors (Lipinski definition) is 1. The Hall–Kier alpha value is -0.160. The fourth-order valence-corrected chi connectivity index (χ4v) is 0.112. The molecule has 1 fully saturated rings. The van der Waals surface area contributed by atoms with Gasteiger partial charge >= 0.3 is 0 Å². The number of nitrogens with zero attached hydrogens (tertiary/aromatic N) is 1. The van der Waals surface area contributed by atoms with Gasteiger partial charge in [0.1, 0.15) is 0 Å². The van der Waals surface area contributed by atoms with E-state index < -0.39 is 0 Å². The molecule has 30 valence electrons. The SMILES string of the molecule is CN1ONO1. The largest absolute Gasteiger partial charge is 0.156 e. The number of rotatable bonds is 0. The van der Waals surface area contributed by atoms with Crippen molar-refractivity contribution in [3.05, 3.63) is 0 Å². The molecule has 0 aromatic carbocycles. The lowest BCUT2D eigenvalue weighted by Gasteiger charge is -2.22. The molecule has 0 saturated carbocycles. The molecule has 0 unspecified atom stereocenters. The maximum Gasteiger partial charge on any atom is 0.0445 e. The van der Waals surface area contributed by atoms with Crippen LogP contribution in [0.2, 0.25) is 0 Å². The Labute approximate surface area is 29.1 Å². The highest BCUT2D eigenvalue weighted by Crippen LogP contribution is 1.88. The summed E-state index contributed by atoms with van der Waals surface area (Å²) in [6.07, 6.45) is 0. The van der Waals surface area contributed by atoms with Gasteiger partial charge in [-0.2, -0.15) is 9.88 Å². The molecule has 0 aromatic rings. The summed E-state index contributed by atoms with van der Waals surface area (Å²) in [6.45, 7) is 0. The maximum atomic E-state index is 4.29. The highest BCUT2D eigenvalue weighted by molar-refractivity contribution is 3.91. The molecule has 1 rings (SSSR count). The number of hydrogen-bond acceptors (Lipinski definition) is 4. The standard InChI is InChI=1S/CH4N2O2/c1-3-4-2-5-3/h2H,1H3. The van der Waals surface area contributed by atoms with Crippen molar-refractivity contribution in [2.24, 2.45) is 0 Å². The summed E-state index contributed by atoms with van der Waals surface area (Å²) < 4.78 is 0. The van der Waals surface area contributed by atoms with Gasteiger partial charge < -0.3 is 0 Å². The van der Waals surface area contributed by atoms with E-state index in [1.807, 2.05) is 0 Å². The second-order valence-corrected chi connectivity index (χ2v) is 0.706. The molecular weight excluding hydrogens is 72.0 g/mol. The van der Waals surface area contributed by atoms with Crippen LogP contribution in [0.4, 0.5) is 0 Å². The Kier molecular flexibility index (Phi) is 0.553. The van der Waals surface area contributed by atoms with Crippen molar-refractivity contribution in [1.82, 2.24) is 10.9 Å². The highest BCUT2D eigenvalue weighted by Gasteiger charge is 2.06. The molecule has 1 aliphatic heterocycles. The Morgan fingerprint density at radius 2 is 2.00 bits per heavy atom. The summed E-state index contributed by atoms with van der Waals surface area (Å²) in [5.74, 6) is 0. The minimum Gasteiger partial charge on any atom is -0.156 e. The first-order valence-corrected chi connectivity index (χ1v) is 1.22. The van der Waals surface area contributed by atoms with E-state index in [0.717, 1.165) is 0 Å². The van der Waals surface area contributed by atoms with Crippen LogP contribution in [0.15, 0.2) is 0 Å². The van der Waals surface area contributed by atoms with Crippen LogP contribution in [-0.4, -0.2) is 12.3 Å². The second-order valence-electron chi connectivity index (χ2n) is 0.706. The molecular formula is CH4N2O2. The van der Waals surface area contributed by atoms with Gasteiger partial charge in [-0.1, -0.05) is 0 Å². The first-order valence-electron chi connectivity index (χ1n) is 1.22. The van der Waals surface area contributed by atoms with Crippen LogP contribution in [-0.2, 0) is 9.88 Å². The van der Waals surface area contributed by atoms with Gasteiger partial charge in [-0.15, -0.1) is 0 Å². The zero-order valence-corrected chi connectivity index (χ0v) is 2.76. The summed E-state index contributed by atoms with van der Waals surface area (Å²) in [6, 6.07) is 0. The summed E-state index contributed by atoms with van der Waals surface area (Å²) in [5.41, 5.74) is 2.09. The minimum atomic E-state index is 1.19. The van der Waals surface area contributed by atoms with E-state index in [1.54, 1.807) is 7.05 Å². The average Bonchev–Trinajstić information content (AvgIpc) is 1.30. The van der Waals surface area contributed by atoms with Crippen LogP contribution in [0.3, 0.4) is 0 Å². The van der Waals surface area contributed by atoms with E-state index >= 15 is 0 Å². The van der Waals surface area contributed by atoms with Crippen molar-refractivity contribution in [2.75, 3.05) is 7.05 Å². The van der Waals surface area contributed by atoms with Crippen LogP contribution in [0, 0.1) is 0 Å². The highest BCUT2D eigenvalue weighted by atomic mass is 17.3. The summed E-state index contributed by atoms with van der Waals surface area (Å²) in [7, 11) is 1.64. The van der Waals surface area contributed by atoms with E-state index in [1.165, 1.54) is 5.23 Å². The van der Waals surface area contributed by atoms with Crippen molar-refractivity contribution in [1.29, 1.82) is 0 Å². The van der Waals surface area contributed by atoms with Crippen LogP contribution in [0.25, 0.3) is 0 Å². The molecule has 0 aliphatic carbocycles. The van der Waals surface area contributed by atoms with Gasteiger partial charge in [0.25, 0.3) is 0 Å². The van der Waals surface area contributed by atoms with Crippen LogP contribution in [0.5, 0.6) is 0 Å². The molecule has 0 aromatic heterocycles. The summed E-state index contributed by atoms with van der Waals surface area (Å²) >= 11 is 0. The van der Waals surface area contributed by atoms with Gasteiger partial charge in [0.05, 0.1) is 0 Å². The molecule has 0 radical (unpaired) electrons. The van der Waals surface area contributed by atoms with Crippen LogP contribution >= 0.6 is 0 Å². The fraction of sp³-hybridized carbons (Fsp3) is 1.00. The molecule has 0 spiro atoms. The number of nitrogens with one attached hydrogen (secondary N) is 1. The minimum absolute atomic E-state index is 1.19. The van der Waals surface area contributed by atoms with E-state index in [0.29, 0.717) is 0 Å². The molecule has 4 nitrogen and oxygen atoms in total. The molecule has 1 N–H and O–H groups in total. The van der Waals surface area contributed by atoms with Crippen molar-refractivity contribution >= 4 is 0 Å². The van der Waals surface area contributed by atoms with Crippen molar-refractivity contribution in [3.8, 4) is 0 Å². The van der Waals surface area contributed by atoms with Crippen molar-refractivity contribution < 1.29 is 9.88 Å². The average molecular weight is 76.1 g/mol. The van der Waals surface area contributed by atoms with E-state index in [4.69, 9.17) is 0 Å². The Balaban J connectivity index is 2.08. The monoisotopic (exact) mass is 76.0 g/mol. The molecule has 4 heteroatoms. The van der Waals surface area contributed by atoms with Crippen molar-refractivity contribution in [3.63, 3.8) is 0 Å². The first kappa shape index (κ1) is 3.05. The quantitative estimate of drug-likeness (QED) is 0.410.